The second-order valence-electron chi connectivity index (χ2n) is 12.6. The van der Waals surface area contributed by atoms with Crippen LogP contribution in [0.3, 0.4) is 0 Å². The van der Waals surface area contributed by atoms with Crippen LogP contribution in [0.4, 0.5) is 10.1 Å². The third-order valence-corrected chi connectivity index (χ3v) is 10.7. The number of aromatic carboxylic acids is 1. The van der Waals surface area contributed by atoms with Gasteiger partial charge in [0.1, 0.15) is 10.7 Å². The fourth-order valence-electron chi connectivity index (χ4n) is 6.29. The number of aromatic amines is 2. The van der Waals surface area contributed by atoms with Gasteiger partial charge in [-0.25, -0.2) is 23.1 Å². The van der Waals surface area contributed by atoms with Crippen LogP contribution in [-0.2, 0) is 16.6 Å². The number of primary sulfonamides is 1. The number of nitrogens with two attached hydrogens (primary N) is 1. The molecule has 1 saturated carbocycles. The summed E-state index contributed by atoms with van der Waals surface area (Å²) >= 11 is 11.8. The lowest BCUT2D eigenvalue weighted by Gasteiger charge is -2.31. The van der Waals surface area contributed by atoms with Gasteiger partial charge in [0.15, 0.2) is 11.5 Å². The van der Waals surface area contributed by atoms with Crippen molar-refractivity contribution in [3.8, 4) is 0 Å². The number of hydrogen-bond acceptors (Lipinski definition) is 10. The Morgan fingerprint density at radius 1 is 0.911 bits per heavy atom. The first-order chi connectivity index (χ1) is 26.5. The number of carboxylic acids is 1. The molecule has 0 amide bonds. The Labute approximate surface area is 327 Å². The molecule has 2 aliphatic rings. The molecule has 2 aromatic heterocycles. The molecular weight excluding hydrogens is 794 g/mol. The maximum Gasteiger partial charge on any atom is 0.337 e. The van der Waals surface area contributed by atoms with E-state index in [4.69, 9.17) is 37.9 Å². The van der Waals surface area contributed by atoms with Crippen LogP contribution in [0.5, 0.6) is 0 Å². The lowest BCUT2D eigenvalue weighted by molar-refractivity contribution is 0.0697. The zero-order valence-corrected chi connectivity index (χ0v) is 31.4. The molecule has 56 heavy (non-hydrogen) atoms. The number of hydrogen-bond donors (Lipinski definition) is 6. The Balaban J connectivity index is 0.000000179. The van der Waals surface area contributed by atoms with Crippen LogP contribution in [0, 0.1) is 11.7 Å². The molecule has 0 unspecified atom stereocenters. The summed E-state index contributed by atoms with van der Waals surface area (Å²) < 4.78 is 39.8. The first-order valence-corrected chi connectivity index (χ1v) is 19.1. The monoisotopic (exact) mass is 826 g/mol. The fourth-order valence-corrected chi connectivity index (χ4v) is 7.52. The Morgan fingerprint density at radius 2 is 1.54 bits per heavy atom. The van der Waals surface area contributed by atoms with Gasteiger partial charge in [0, 0.05) is 27.9 Å². The van der Waals surface area contributed by atoms with E-state index >= 15 is 0 Å². The molecule has 7 rings (SSSR count). The topological polar surface area (TPSA) is 243 Å². The van der Waals surface area contributed by atoms with E-state index in [1.807, 2.05) is 17.1 Å². The van der Waals surface area contributed by atoms with E-state index in [2.05, 4.69) is 17.4 Å². The number of ketones is 2. The van der Waals surface area contributed by atoms with Gasteiger partial charge in [-0.1, -0.05) is 59.6 Å². The summed E-state index contributed by atoms with van der Waals surface area (Å²) in [4.78, 5) is 60.1. The van der Waals surface area contributed by atoms with Crippen molar-refractivity contribution in [2.24, 2.45) is 11.1 Å². The Kier molecular flexibility index (Phi) is 13.1. The molecule has 0 spiro atoms. The van der Waals surface area contributed by atoms with Gasteiger partial charge in [0.25, 0.3) is 5.56 Å². The van der Waals surface area contributed by atoms with E-state index in [0.717, 1.165) is 36.8 Å². The number of aliphatic hydroxyl groups excluding tert-OH is 1. The number of H-pyrrole nitrogens is 2. The zero-order valence-electron chi connectivity index (χ0n) is 29.1. The van der Waals surface area contributed by atoms with Crippen molar-refractivity contribution in [1.29, 1.82) is 0 Å². The van der Waals surface area contributed by atoms with Crippen LogP contribution in [0.15, 0.2) is 115 Å². The molecule has 18 heteroatoms. The molecule has 0 saturated heterocycles. The fraction of sp³-hybridized carbons (Fsp3) is 0.184. The molecule has 5 aromatic rings. The minimum Gasteiger partial charge on any atom is -0.504 e. The van der Waals surface area contributed by atoms with Gasteiger partial charge in [-0.3, -0.25) is 19.4 Å². The number of rotatable bonds is 7. The summed E-state index contributed by atoms with van der Waals surface area (Å²) in [5.74, 6) is -2.35. The van der Waals surface area contributed by atoms with Crippen molar-refractivity contribution < 1.29 is 41.8 Å². The highest BCUT2D eigenvalue weighted by atomic mass is 35.5. The number of Topliss-reactive ketones (excluding diaryl/α,β-unsaturated/α-hetero) is 2. The first kappa shape index (κ1) is 41.4. The number of sulfonamides is 1. The number of halogens is 3. The summed E-state index contributed by atoms with van der Waals surface area (Å²) in [6, 6.07) is 20.1. The number of carbonyl (C=O) groups excluding carboxylic acids is 2. The predicted molar refractivity (Wildman–Crippen MR) is 204 cm³/mol. The Hall–Kier alpha value is -5.81. The number of aliphatic hydroxyl groups is 1. The number of furan rings is 1. The number of carboxylic acid groups (broad SMARTS) is 1. The highest BCUT2D eigenvalue weighted by molar-refractivity contribution is 7.89. The molecule has 7 N–H and O–H groups in total. The van der Waals surface area contributed by atoms with Crippen LogP contribution in [0.2, 0.25) is 10.0 Å². The lowest BCUT2D eigenvalue weighted by atomic mass is 9.72. The van der Waals surface area contributed by atoms with E-state index in [1.54, 1.807) is 41.4 Å². The van der Waals surface area contributed by atoms with Gasteiger partial charge in [-0.2, -0.15) is 4.39 Å². The summed E-state index contributed by atoms with van der Waals surface area (Å²) in [5, 5.41) is 27.9. The SMILES string of the molecule is NS(=O)(=O)c1cc(C(=O)O)c(NCc2ccco2)cc1Cl.O=C1C(O)=C([C@H]2CC[C@H](c3ccc(Cl)cc3)CC2)C(=O)c2ccccc21.O=c1[nH]cc(F)c(=O)[nH]1. The van der Waals surface area contributed by atoms with Crippen molar-refractivity contribution in [3.05, 3.63) is 161 Å². The summed E-state index contributed by atoms with van der Waals surface area (Å²) in [5.41, 5.74) is 0.468. The summed E-state index contributed by atoms with van der Waals surface area (Å²) in [6.45, 7) is 0.221. The molecular formula is C38H33Cl2FN4O10S. The van der Waals surface area contributed by atoms with Crippen molar-refractivity contribution in [2.45, 2.75) is 43.0 Å². The number of carbonyl (C=O) groups is 3. The second kappa shape index (κ2) is 17.8. The first-order valence-electron chi connectivity index (χ1n) is 16.8. The molecule has 0 bridgehead atoms. The van der Waals surface area contributed by atoms with Gasteiger partial charge >= 0.3 is 11.7 Å². The molecule has 292 valence electrons. The smallest absolute Gasteiger partial charge is 0.337 e. The largest absolute Gasteiger partial charge is 0.504 e. The number of aromatic nitrogens is 2. The lowest BCUT2D eigenvalue weighted by Crippen LogP contribution is -2.28. The molecule has 14 nitrogen and oxygen atoms in total. The van der Waals surface area contributed by atoms with E-state index < -0.39 is 43.7 Å². The van der Waals surface area contributed by atoms with Crippen molar-refractivity contribution in [3.63, 3.8) is 0 Å². The zero-order chi connectivity index (χ0) is 40.7. The Morgan fingerprint density at radius 3 is 2.09 bits per heavy atom. The normalized spacial score (nSPS) is 16.5. The third-order valence-electron chi connectivity index (χ3n) is 9.02. The second-order valence-corrected chi connectivity index (χ2v) is 15.0. The number of allylic oxidation sites excluding steroid dienone is 2. The van der Waals surface area contributed by atoms with E-state index in [-0.39, 0.29) is 40.3 Å². The maximum absolute atomic E-state index is 12.9. The number of nitrogens with one attached hydrogen (secondary N) is 3. The van der Waals surface area contributed by atoms with E-state index in [1.165, 1.54) is 17.9 Å². The number of fused-ring (bicyclic) bond motifs is 1. The quantitative estimate of drug-likeness (QED) is 0.102. The van der Waals surface area contributed by atoms with Crippen molar-refractivity contribution >= 4 is 56.4 Å². The van der Waals surface area contributed by atoms with Crippen molar-refractivity contribution in [2.75, 3.05) is 5.32 Å². The summed E-state index contributed by atoms with van der Waals surface area (Å²) in [7, 11) is -4.11. The van der Waals surface area contributed by atoms with Gasteiger partial charge in [-0.05, 0) is 79.5 Å². The summed E-state index contributed by atoms with van der Waals surface area (Å²) in [6.07, 6.45) is 5.60. The standard InChI is InChI=1S/C22H19ClO3.C12H11ClN2O5S.C4H3FN2O2/c23-16-11-9-14(10-12-16)13-5-7-15(8-6-13)19-20(24)17-3-1-2-4-18(17)21(25)22(19)26;13-9-5-10(15-6-7-2-1-3-20-7)8(12(16)17)4-11(9)21(14,18)19;5-2-1-6-4(9)7-3(2)8/h1-4,9-13,15,26H,5-8H2;1-5,15H,6H2,(H,16,17)(H2,14,18,19);1H,(H2,6,7,8,9)/t13-,15-;;. The molecule has 0 aliphatic heterocycles. The number of benzene rings is 3. The van der Waals surface area contributed by atoms with Gasteiger partial charge in [0.05, 0.1) is 29.1 Å². The predicted octanol–water partition coefficient (Wildman–Crippen LogP) is 6.60. The maximum atomic E-state index is 12.9. The molecule has 2 aliphatic carbocycles. The minimum absolute atomic E-state index is 0.0663. The number of anilines is 1. The highest BCUT2D eigenvalue weighted by Gasteiger charge is 2.37. The van der Waals surface area contributed by atoms with Gasteiger partial charge < -0.3 is 24.9 Å². The molecule has 1 fully saturated rings. The van der Waals surface area contributed by atoms with Crippen LogP contribution >= 0.6 is 23.2 Å². The van der Waals surface area contributed by atoms with Crippen LogP contribution in [-0.4, -0.2) is 46.1 Å². The van der Waals surface area contributed by atoms with Crippen LogP contribution < -0.4 is 21.7 Å². The van der Waals surface area contributed by atoms with Crippen LogP contribution in [0.1, 0.15) is 74.0 Å². The molecule has 2 heterocycles. The molecule has 0 radical (unpaired) electrons. The average molecular weight is 828 g/mol. The highest BCUT2D eigenvalue weighted by Crippen LogP contribution is 2.42. The van der Waals surface area contributed by atoms with Crippen molar-refractivity contribution in [1.82, 2.24) is 9.97 Å². The average Bonchev–Trinajstić information content (AvgIpc) is 3.69. The van der Waals surface area contributed by atoms with Gasteiger partial charge in [0.2, 0.25) is 21.6 Å². The van der Waals surface area contributed by atoms with Gasteiger partial charge in [-0.15, -0.1) is 0 Å². The molecule has 3 aromatic carbocycles. The minimum atomic E-state index is -4.11. The van der Waals surface area contributed by atoms with E-state index in [9.17, 15) is 41.9 Å². The van der Waals surface area contributed by atoms with E-state index in [0.29, 0.717) is 34.6 Å². The third kappa shape index (κ3) is 9.89. The molecule has 0 atom stereocenters. The Bertz CT molecular complexity index is 2530. The van der Waals surface area contributed by atoms with Crippen LogP contribution in [0.25, 0.3) is 0 Å².